The standard InChI is InChI=1S/C22H31N7O6/c1-27-11-13-28(14-12-27)22(33)35-26-19(23)15-3-5-16(6-4-15)29-10-8-17(20(29)31)25-21(32)24-9-7-18(30)34-2/h3-6,17H,7-14H2,1-2H3,(H2,23,26)(H2,24,25,32). The highest BCUT2D eigenvalue weighted by molar-refractivity contribution is 6.02. The summed E-state index contributed by atoms with van der Waals surface area (Å²) in [5, 5.41) is 8.88. The van der Waals surface area contributed by atoms with E-state index in [2.05, 4.69) is 25.4 Å². The van der Waals surface area contributed by atoms with Gasteiger partial charge in [0.25, 0.3) is 0 Å². The molecule has 13 heteroatoms. The Kier molecular flexibility index (Phi) is 8.84. The predicted molar refractivity (Wildman–Crippen MR) is 127 cm³/mol. The summed E-state index contributed by atoms with van der Waals surface area (Å²) in [6.07, 6.45) is -0.0625. The molecule has 1 atom stereocenters. The summed E-state index contributed by atoms with van der Waals surface area (Å²) in [7, 11) is 3.26. The number of amides is 4. The Bertz CT molecular complexity index is 960. The molecule has 1 aromatic rings. The van der Waals surface area contributed by atoms with Gasteiger partial charge >= 0.3 is 18.1 Å². The largest absolute Gasteiger partial charge is 0.469 e. The van der Waals surface area contributed by atoms with Gasteiger partial charge in [-0.2, -0.15) is 0 Å². The molecule has 2 fully saturated rings. The SMILES string of the molecule is COC(=O)CCNC(=O)NC1CCN(c2ccc(C(N)=NOC(=O)N3CCN(C)CC3)cc2)C1=O. The first-order chi connectivity index (χ1) is 16.8. The molecule has 0 spiro atoms. The average Bonchev–Trinajstić information content (AvgIpc) is 3.22. The summed E-state index contributed by atoms with van der Waals surface area (Å²) in [6, 6.07) is 5.55. The van der Waals surface area contributed by atoms with Crippen LogP contribution in [0.4, 0.5) is 15.3 Å². The lowest BCUT2D eigenvalue weighted by Gasteiger charge is -2.30. The van der Waals surface area contributed by atoms with Crippen molar-refractivity contribution >= 4 is 35.5 Å². The molecule has 0 saturated carbocycles. The number of ether oxygens (including phenoxy) is 1. The minimum atomic E-state index is -0.673. The molecular weight excluding hydrogens is 458 g/mol. The molecular formula is C22H31N7O6. The molecule has 2 saturated heterocycles. The van der Waals surface area contributed by atoms with Crippen molar-refractivity contribution in [1.29, 1.82) is 0 Å². The van der Waals surface area contributed by atoms with Gasteiger partial charge in [-0.15, -0.1) is 0 Å². The monoisotopic (exact) mass is 489 g/mol. The molecule has 4 N–H and O–H groups in total. The normalized spacial score (nSPS) is 18.9. The van der Waals surface area contributed by atoms with Crippen molar-refractivity contribution in [3.63, 3.8) is 0 Å². The van der Waals surface area contributed by atoms with Gasteiger partial charge in [0.2, 0.25) is 5.91 Å². The average molecular weight is 490 g/mol. The number of methoxy groups -OCH3 is 1. The lowest BCUT2D eigenvalue weighted by molar-refractivity contribution is -0.140. The molecule has 0 aliphatic carbocycles. The number of hydrogen-bond acceptors (Lipinski definition) is 8. The number of carbonyl (C=O) groups excluding carboxylic acids is 4. The highest BCUT2D eigenvalue weighted by Gasteiger charge is 2.33. The maximum Gasteiger partial charge on any atom is 0.436 e. The number of nitrogens with one attached hydrogen (secondary N) is 2. The van der Waals surface area contributed by atoms with Crippen LogP contribution >= 0.6 is 0 Å². The van der Waals surface area contributed by atoms with E-state index in [1.807, 2.05) is 7.05 Å². The minimum absolute atomic E-state index is 0.0370. The van der Waals surface area contributed by atoms with Crippen molar-refractivity contribution in [2.45, 2.75) is 18.9 Å². The lowest BCUT2D eigenvalue weighted by atomic mass is 10.2. The number of nitrogens with two attached hydrogens (primary N) is 1. The van der Waals surface area contributed by atoms with Crippen LogP contribution in [0.5, 0.6) is 0 Å². The van der Waals surface area contributed by atoms with Gasteiger partial charge in [-0.1, -0.05) is 5.16 Å². The van der Waals surface area contributed by atoms with Gasteiger partial charge in [-0.05, 0) is 37.7 Å². The van der Waals surface area contributed by atoms with E-state index in [-0.39, 0.29) is 24.7 Å². The summed E-state index contributed by atoms with van der Waals surface area (Å²) in [5.41, 5.74) is 7.12. The van der Waals surface area contributed by atoms with Crippen LogP contribution in [-0.4, -0.2) is 99.1 Å². The fourth-order valence-electron chi connectivity index (χ4n) is 3.66. The number of urea groups is 1. The van der Waals surface area contributed by atoms with Crippen LogP contribution in [0.15, 0.2) is 29.4 Å². The van der Waals surface area contributed by atoms with Crippen LogP contribution in [0.3, 0.4) is 0 Å². The molecule has 2 heterocycles. The van der Waals surface area contributed by atoms with Crippen LogP contribution in [-0.2, 0) is 19.2 Å². The van der Waals surface area contributed by atoms with E-state index in [0.29, 0.717) is 37.3 Å². The molecule has 1 unspecified atom stereocenters. The number of likely N-dealkylation sites (N-methyl/N-ethyl adjacent to an activating group) is 1. The Balaban J connectivity index is 1.49. The molecule has 0 radical (unpaired) electrons. The molecule has 3 rings (SSSR count). The summed E-state index contributed by atoms with van der Waals surface area (Å²) < 4.78 is 4.51. The van der Waals surface area contributed by atoms with Gasteiger partial charge < -0.3 is 35.8 Å². The van der Waals surface area contributed by atoms with Crippen molar-refractivity contribution < 1.29 is 28.8 Å². The van der Waals surface area contributed by atoms with E-state index < -0.39 is 24.1 Å². The second-order valence-electron chi connectivity index (χ2n) is 8.23. The smallest absolute Gasteiger partial charge is 0.436 e. The van der Waals surface area contributed by atoms with E-state index in [9.17, 15) is 19.2 Å². The third-order valence-corrected chi connectivity index (χ3v) is 5.81. The number of benzene rings is 1. The number of oxime groups is 1. The number of piperazine rings is 1. The molecule has 13 nitrogen and oxygen atoms in total. The molecule has 1 aromatic carbocycles. The number of nitrogens with zero attached hydrogens (tertiary/aromatic N) is 4. The first-order valence-corrected chi connectivity index (χ1v) is 11.3. The van der Waals surface area contributed by atoms with Crippen molar-refractivity contribution in [1.82, 2.24) is 20.4 Å². The summed E-state index contributed by atoms with van der Waals surface area (Å²) in [5.74, 6) is -0.644. The number of rotatable bonds is 7. The number of carbonyl (C=O) groups is 4. The van der Waals surface area contributed by atoms with E-state index in [1.165, 1.54) is 7.11 Å². The Hall–Kier alpha value is -3.87. The number of anilines is 1. The molecule has 35 heavy (non-hydrogen) atoms. The zero-order valence-electron chi connectivity index (χ0n) is 19.9. The Labute approximate surface area is 203 Å². The van der Waals surface area contributed by atoms with E-state index in [0.717, 1.165) is 13.1 Å². The summed E-state index contributed by atoms with van der Waals surface area (Å²) >= 11 is 0. The molecule has 4 amide bonds. The van der Waals surface area contributed by atoms with Crippen LogP contribution in [0.25, 0.3) is 0 Å². The zero-order chi connectivity index (χ0) is 25.4. The fourth-order valence-corrected chi connectivity index (χ4v) is 3.66. The third kappa shape index (κ3) is 7.06. The van der Waals surface area contributed by atoms with Gasteiger partial charge in [-0.25, -0.2) is 9.59 Å². The van der Waals surface area contributed by atoms with Crippen molar-refractivity contribution in [2.24, 2.45) is 10.9 Å². The molecule has 0 bridgehead atoms. The predicted octanol–water partition coefficient (Wildman–Crippen LogP) is -0.341. The first kappa shape index (κ1) is 25.7. The molecule has 2 aliphatic heterocycles. The van der Waals surface area contributed by atoms with E-state index in [1.54, 1.807) is 34.1 Å². The lowest BCUT2D eigenvalue weighted by Crippen LogP contribution is -2.47. The van der Waals surface area contributed by atoms with Crippen LogP contribution in [0.2, 0.25) is 0 Å². The van der Waals surface area contributed by atoms with Gasteiger partial charge in [0.1, 0.15) is 6.04 Å². The molecule has 190 valence electrons. The maximum absolute atomic E-state index is 12.7. The number of amidine groups is 1. The van der Waals surface area contributed by atoms with Crippen molar-refractivity contribution in [2.75, 3.05) is 58.3 Å². The van der Waals surface area contributed by atoms with Gasteiger partial charge in [0, 0.05) is 50.5 Å². The van der Waals surface area contributed by atoms with Crippen molar-refractivity contribution in [3.8, 4) is 0 Å². The van der Waals surface area contributed by atoms with E-state index >= 15 is 0 Å². The fraction of sp³-hybridized carbons (Fsp3) is 0.500. The second kappa shape index (κ2) is 12.0. The first-order valence-electron chi connectivity index (χ1n) is 11.3. The van der Waals surface area contributed by atoms with Crippen LogP contribution in [0.1, 0.15) is 18.4 Å². The maximum atomic E-state index is 12.7. The number of hydrogen-bond donors (Lipinski definition) is 3. The highest BCUT2D eigenvalue weighted by Crippen LogP contribution is 2.22. The topological polar surface area (TPSA) is 159 Å². The highest BCUT2D eigenvalue weighted by atomic mass is 16.7. The Morgan fingerprint density at radius 3 is 2.46 bits per heavy atom. The van der Waals surface area contributed by atoms with Gasteiger partial charge in [0.15, 0.2) is 5.84 Å². The summed E-state index contributed by atoms with van der Waals surface area (Å²) in [4.78, 5) is 58.2. The summed E-state index contributed by atoms with van der Waals surface area (Å²) in [6.45, 7) is 3.20. The molecule has 0 aromatic heterocycles. The zero-order valence-corrected chi connectivity index (χ0v) is 19.9. The van der Waals surface area contributed by atoms with Crippen molar-refractivity contribution in [3.05, 3.63) is 29.8 Å². The van der Waals surface area contributed by atoms with Crippen LogP contribution < -0.4 is 21.3 Å². The minimum Gasteiger partial charge on any atom is -0.469 e. The van der Waals surface area contributed by atoms with Crippen LogP contribution in [0, 0.1) is 0 Å². The quantitative estimate of drug-likeness (QED) is 0.154. The second-order valence-corrected chi connectivity index (χ2v) is 8.23. The third-order valence-electron chi connectivity index (χ3n) is 5.81. The van der Waals surface area contributed by atoms with Gasteiger partial charge in [0.05, 0.1) is 13.5 Å². The number of esters is 1. The molecule has 2 aliphatic rings. The van der Waals surface area contributed by atoms with E-state index in [4.69, 9.17) is 10.6 Å². The van der Waals surface area contributed by atoms with Gasteiger partial charge in [-0.3, -0.25) is 14.4 Å². The Morgan fingerprint density at radius 1 is 1.11 bits per heavy atom. The Morgan fingerprint density at radius 2 is 1.80 bits per heavy atom.